The fourth-order valence-corrected chi connectivity index (χ4v) is 5.28. The molecule has 0 aliphatic heterocycles. The standard InChI is InChI=1S/C31H39N3O6S/c1-5-6-19-32-31(36)28(20-24-13-9-7-10-14-24)33(22-25-15-11-8-12-16-25)30(35)23-34(41(4,37)38)27-18-17-26(39-2)21-29(27)40-3/h7-18,21,28H,5-6,19-20,22-23H2,1-4H3,(H,32,36). The first-order chi connectivity index (χ1) is 19.7. The molecule has 0 saturated carbocycles. The molecule has 9 nitrogen and oxygen atoms in total. The van der Waals surface area contributed by atoms with Crippen molar-refractivity contribution < 1.29 is 27.5 Å². The number of rotatable bonds is 15. The van der Waals surface area contributed by atoms with Gasteiger partial charge in [0.15, 0.2) is 0 Å². The van der Waals surface area contributed by atoms with E-state index in [9.17, 15) is 18.0 Å². The summed E-state index contributed by atoms with van der Waals surface area (Å²) in [6.07, 6.45) is 3.01. The second-order valence-electron chi connectivity index (χ2n) is 9.66. The highest BCUT2D eigenvalue weighted by atomic mass is 32.2. The van der Waals surface area contributed by atoms with Crippen molar-refractivity contribution in [1.29, 1.82) is 0 Å². The van der Waals surface area contributed by atoms with E-state index in [1.54, 1.807) is 12.1 Å². The molecule has 1 atom stereocenters. The van der Waals surface area contributed by atoms with Gasteiger partial charge in [0.05, 0.1) is 26.2 Å². The average Bonchev–Trinajstić information content (AvgIpc) is 2.97. The molecule has 10 heteroatoms. The van der Waals surface area contributed by atoms with E-state index in [4.69, 9.17) is 9.47 Å². The molecule has 1 N–H and O–H groups in total. The summed E-state index contributed by atoms with van der Waals surface area (Å²) in [6, 6.07) is 22.6. The smallest absolute Gasteiger partial charge is 0.244 e. The number of nitrogens with zero attached hydrogens (tertiary/aromatic N) is 2. The Morgan fingerprint density at radius 3 is 2.10 bits per heavy atom. The van der Waals surface area contributed by atoms with E-state index in [0.717, 1.165) is 34.5 Å². The Balaban J connectivity index is 2.05. The van der Waals surface area contributed by atoms with Crippen LogP contribution in [-0.2, 0) is 32.6 Å². The molecule has 0 radical (unpaired) electrons. The summed E-state index contributed by atoms with van der Waals surface area (Å²) in [6.45, 7) is 2.11. The van der Waals surface area contributed by atoms with Gasteiger partial charge < -0.3 is 19.7 Å². The minimum absolute atomic E-state index is 0.121. The van der Waals surface area contributed by atoms with Crippen LogP contribution in [0.1, 0.15) is 30.9 Å². The largest absolute Gasteiger partial charge is 0.497 e. The Kier molecular flexibility index (Phi) is 11.6. The molecule has 3 rings (SSSR count). The molecule has 0 fully saturated rings. The minimum Gasteiger partial charge on any atom is -0.497 e. The van der Waals surface area contributed by atoms with Gasteiger partial charge in [-0.15, -0.1) is 0 Å². The van der Waals surface area contributed by atoms with Crippen molar-refractivity contribution in [3.8, 4) is 11.5 Å². The predicted octanol–water partition coefficient (Wildman–Crippen LogP) is 4.03. The number of carbonyl (C=O) groups is 2. The molecule has 41 heavy (non-hydrogen) atoms. The number of anilines is 1. The van der Waals surface area contributed by atoms with Gasteiger partial charge in [0.25, 0.3) is 0 Å². The van der Waals surface area contributed by atoms with Gasteiger partial charge in [0.1, 0.15) is 24.1 Å². The number of amides is 2. The fourth-order valence-electron chi connectivity index (χ4n) is 4.43. The summed E-state index contributed by atoms with van der Waals surface area (Å²) in [5.41, 5.74) is 1.88. The number of nitrogens with one attached hydrogen (secondary N) is 1. The lowest BCUT2D eigenvalue weighted by molar-refractivity contribution is -0.140. The van der Waals surface area contributed by atoms with E-state index in [2.05, 4.69) is 5.32 Å². The van der Waals surface area contributed by atoms with Crippen LogP contribution in [0, 0.1) is 0 Å². The highest BCUT2D eigenvalue weighted by Crippen LogP contribution is 2.33. The SMILES string of the molecule is CCCCNC(=O)C(Cc1ccccc1)N(Cc1ccccc1)C(=O)CN(c1ccc(OC)cc1OC)S(C)(=O)=O. The molecule has 0 aromatic heterocycles. The van der Waals surface area contributed by atoms with Gasteiger partial charge in [-0.05, 0) is 29.7 Å². The molecule has 3 aromatic rings. The zero-order valence-corrected chi connectivity index (χ0v) is 24.9. The molecule has 0 spiro atoms. The summed E-state index contributed by atoms with van der Waals surface area (Å²) in [5.74, 6) is -0.110. The van der Waals surface area contributed by atoms with Gasteiger partial charge in [-0.2, -0.15) is 0 Å². The third-order valence-corrected chi connectivity index (χ3v) is 7.76. The number of sulfonamides is 1. The highest BCUT2D eigenvalue weighted by molar-refractivity contribution is 7.92. The Labute approximate surface area is 243 Å². The first kappa shape index (κ1) is 31.5. The van der Waals surface area contributed by atoms with Gasteiger partial charge in [-0.3, -0.25) is 13.9 Å². The Bertz CT molecular complexity index is 1380. The van der Waals surface area contributed by atoms with Crippen molar-refractivity contribution >= 4 is 27.5 Å². The number of unbranched alkanes of at least 4 members (excludes halogenated alkanes) is 1. The van der Waals surface area contributed by atoms with Crippen LogP contribution >= 0.6 is 0 Å². The zero-order valence-electron chi connectivity index (χ0n) is 24.1. The number of methoxy groups -OCH3 is 2. The van der Waals surface area contributed by atoms with Gasteiger partial charge in [0.2, 0.25) is 21.8 Å². The number of hydrogen-bond donors (Lipinski definition) is 1. The molecule has 0 saturated heterocycles. The monoisotopic (exact) mass is 581 g/mol. The molecule has 1 unspecified atom stereocenters. The van der Waals surface area contributed by atoms with Crippen molar-refractivity contribution in [2.24, 2.45) is 0 Å². The van der Waals surface area contributed by atoms with Crippen LogP contribution in [0.25, 0.3) is 0 Å². The van der Waals surface area contributed by atoms with E-state index in [1.807, 2.05) is 67.6 Å². The van der Waals surface area contributed by atoms with Gasteiger partial charge in [-0.25, -0.2) is 8.42 Å². The van der Waals surface area contributed by atoms with Crippen LogP contribution in [-0.4, -0.2) is 64.7 Å². The maximum absolute atomic E-state index is 14.1. The molecule has 0 heterocycles. The van der Waals surface area contributed by atoms with Crippen LogP contribution < -0.4 is 19.1 Å². The summed E-state index contributed by atoms with van der Waals surface area (Å²) >= 11 is 0. The molecular formula is C31H39N3O6S. The molecular weight excluding hydrogens is 542 g/mol. The number of benzene rings is 3. The average molecular weight is 582 g/mol. The van der Waals surface area contributed by atoms with Crippen molar-refractivity contribution in [3.63, 3.8) is 0 Å². The van der Waals surface area contributed by atoms with E-state index < -0.39 is 28.5 Å². The number of ether oxygens (including phenoxy) is 2. The molecule has 3 aromatic carbocycles. The van der Waals surface area contributed by atoms with Crippen molar-refractivity contribution in [1.82, 2.24) is 10.2 Å². The van der Waals surface area contributed by atoms with Gasteiger partial charge in [0, 0.05) is 25.6 Å². The van der Waals surface area contributed by atoms with E-state index in [-0.39, 0.29) is 30.3 Å². The lowest BCUT2D eigenvalue weighted by Crippen LogP contribution is -2.53. The van der Waals surface area contributed by atoms with Gasteiger partial charge >= 0.3 is 0 Å². The third-order valence-electron chi connectivity index (χ3n) is 6.63. The lowest BCUT2D eigenvalue weighted by Gasteiger charge is -2.33. The summed E-state index contributed by atoms with van der Waals surface area (Å²) < 4.78 is 37.8. The van der Waals surface area contributed by atoms with E-state index >= 15 is 0 Å². The third kappa shape index (κ3) is 8.97. The maximum atomic E-state index is 14.1. The van der Waals surface area contributed by atoms with Crippen molar-refractivity contribution in [2.75, 3.05) is 37.9 Å². The normalized spacial score (nSPS) is 11.8. The Hall–Kier alpha value is -4.05. The van der Waals surface area contributed by atoms with Crippen molar-refractivity contribution in [3.05, 3.63) is 90.0 Å². The Morgan fingerprint density at radius 1 is 0.902 bits per heavy atom. The van der Waals surface area contributed by atoms with Crippen LogP contribution in [0.5, 0.6) is 11.5 Å². The summed E-state index contributed by atoms with van der Waals surface area (Å²) in [7, 11) is -1.02. The van der Waals surface area contributed by atoms with Crippen LogP contribution in [0.4, 0.5) is 5.69 Å². The molecule has 0 aliphatic rings. The minimum atomic E-state index is -3.93. The second kappa shape index (κ2) is 15.1. The molecule has 220 valence electrons. The van der Waals surface area contributed by atoms with Crippen molar-refractivity contribution in [2.45, 2.75) is 38.8 Å². The summed E-state index contributed by atoms with van der Waals surface area (Å²) in [5, 5.41) is 2.97. The number of carbonyl (C=O) groups excluding carboxylic acids is 2. The van der Waals surface area contributed by atoms with Crippen LogP contribution in [0.2, 0.25) is 0 Å². The van der Waals surface area contributed by atoms with Crippen LogP contribution in [0.15, 0.2) is 78.9 Å². The Morgan fingerprint density at radius 2 is 1.54 bits per heavy atom. The lowest BCUT2D eigenvalue weighted by atomic mass is 10.0. The van der Waals surface area contributed by atoms with E-state index in [1.165, 1.54) is 25.2 Å². The van der Waals surface area contributed by atoms with E-state index in [0.29, 0.717) is 12.3 Å². The highest BCUT2D eigenvalue weighted by Gasteiger charge is 2.33. The van der Waals surface area contributed by atoms with Crippen LogP contribution in [0.3, 0.4) is 0 Å². The number of hydrogen-bond acceptors (Lipinski definition) is 6. The first-order valence-corrected chi connectivity index (χ1v) is 15.4. The molecule has 0 aliphatic carbocycles. The molecule has 0 bridgehead atoms. The predicted molar refractivity (Wildman–Crippen MR) is 161 cm³/mol. The topological polar surface area (TPSA) is 105 Å². The quantitative estimate of drug-likeness (QED) is 0.272. The fraction of sp³-hybridized carbons (Fsp3) is 0.355. The van der Waals surface area contributed by atoms with Gasteiger partial charge in [-0.1, -0.05) is 74.0 Å². The second-order valence-corrected chi connectivity index (χ2v) is 11.6. The maximum Gasteiger partial charge on any atom is 0.244 e. The first-order valence-electron chi connectivity index (χ1n) is 13.5. The summed E-state index contributed by atoms with van der Waals surface area (Å²) in [4.78, 5) is 29.2. The zero-order chi connectivity index (χ0) is 29.8. The molecule has 2 amide bonds.